The van der Waals surface area contributed by atoms with Gasteiger partial charge in [0.1, 0.15) is 17.3 Å². The fraction of sp³-hybridized carbons (Fsp3) is 0.280. The third kappa shape index (κ3) is 5.60. The summed E-state index contributed by atoms with van der Waals surface area (Å²) in [6.07, 6.45) is 3.31. The summed E-state index contributed by atoms with van der Waals surface area (Å²) in [4.78, 5) is 34.6. The van der Waals surface area contributed by atoms with Gasteiger partial charge in [0.25, 0.3) is 0 Å². The number of pyridine rings is 1. The molecule has 9 heteroatoms. The van der Waals surface area contributed by atoms with Crippen molar-refractivity contribution in [1.29, 1.82) is 0 Å². The molecule has 4 rings (SSSR count). The maximum atomic E-state index is 13.3. The number of ether oxygens (including phenoxy) is 1. The van der Waals surface area contributed by atoms with E-state index < -0.39 is 17.7 Å². The van der Waals surface area contributed by atoms with Crippen molar-refractivity contribution in [3.05, 3.63) is 65.8 Å². The van der Waals surface area contributed by atoms with Crippen molar-refractivity contribution in [3.63, 3.8) is 0 Å². The Morgan fingerprint density at radius 3 is 2.62 bits per heavy atom. The fourth-order valence-corrected chi connectivity index (χ4v) is 4.33. The maximum Gasteiger partial charge on any atom is 0.408 e. The zero-order valence-corrected chi connectivity index (χ0v) is 20.3. The topological polar surface area (TPSA) is 98.1 Å². The predicted molar refractivity (Wildman–Crippen MR) is 134 cm³/mol. The molecule has 0 saturated heterocycles. The van der Waals surface area contributed by atoms with Crippen LogP contribution in [0.25, 0.3) is 22.3 Å². The molecule has 4 aromatic rings. The summed E-state index contributed by atoms with van der Waals surface area (Å²) in [6.45, 7) is 5.34. The molecule has 0 aliphatic carbocycles. The van der Waals surface area contributed by atoms with E-state index >= 15 is 0 Å². The van der Waals surface area contributed by atoms with E-state index in [0.29, 0.717) is 17.2 Å². The highest BCUT2D eigenvalue weighted by molar-refractivity contribution is 7.14. The standard InChI is InChI=1S/C25H27N5O3S/c1-25(2,3)33-24(32)28-19(13-16-14-30(4)21-11-6-5-9-17(16)21)22(31)29-23-27-20(15-34-23)18-10-7-8-12-26-18/h5-12,14-15,19H,13H2,1-4H3,(H,28,32)(H,27,29,31)/t19-/m0/s1. The van der Waals surface area contributed by atoms with Gasteiger partial charge in [-0.3, -0.25) is 9.78 Å². The molecule has 0 aliphatic heterocycles. The summed E-state index contributed by atoms with van der Waals surface area (Å²) in [5.74, 6) is -0.374. The molecule has 0 saturated carbocycles. The summed E-state index contributed by atoms with van der Waals surface area (Å²) in [5.41, 5.74) is 2.71. The zero-order valence-electron chi connectivity index (χ0n) is 19.5. The number of nitrogens with zero attached hydrogens (tertiary/aromatic N) is 3. The van der Waals surface area contributed by atoms with Gasteiger partial charge in [-0.05, 0) is 44.5 Å². The molecule has 1 atom stereocenters. The lowest BCUT2D eigenvalue weighted by molar-refractivity contribution is -0.118. The van der Waals surface area contributed by atoms with Gasteiger partial charge in [0.05, 0.1) is 5.69 Å². The second-order valence-corrected chi connectivity index (χ2v) is 9.79. The van der Waals surface area contributed by atoms with Gasteiger partial charge in [0.2, 0.25) is 5.91 Å². The Labute approximate surface area is 202 Å². The quantitative estimate of drug-likeness (QED) is 0.417. The van der Waals surface area contributed by atoms with E-state index in [1.807, 2.05) is 65.7 Å². The Bertz CT molecular complexity index is 1310. The minimum Gasteiger partial charge on any atom is -0.444 e. The van der Waals surface area contributed by atoms with E-state index in [0.717, 1.165) is 22.2 Å². The summed E-state index contributed by atoms with van der Waals surface area (Å²) in [6, 6.07) is 12.7. The van der Waals surface area contributed by atoms with Crippen LogP contribution in [0.1, 0.15) is 26.3 Å². The smallest absolute Gasteiger partial charge is 0.408 e. The first-order valence-electron chi connectivity index (χ1n) is 10.9. The number of hydrogen-bond acceptors (Lipinski definition) is 6. The van der Waals surface area contributed by atoms with Crippen LogP contribution in [0, 0.1) is 0 Å². The SMILES string of the molecule is Cn1cc(C[C@H](NC(=O)OC(C)(C)C)C(=O)Nc2nc(-c3ccccn3)cs2)c2ccccc21. The molecule has 3 heterocycles. The van der Waals surface area contributed by atoms with Crippen molar-refractivity contribution >= 4 is 39.4 Å². The number of benzene rings is 1. The summed E-state index contributed by atoms with van der Waals surface area (Å²) in [5, 5.41) is 8.87. The highest BCUT2D eigenvalue weighted by Gasteiger charge is 2.26. The highest BCUT2D eigenvalue weighted by Crippen LogP contribution is 2.25. The Morgan fingerprint density at radius 1 is 1.12 bits per heavy atom. The van der Waals surface area contributed by atoms with E-state index in [9.17, 15) is 9.59 Å². The van der Waals surface area contributed by atoms with Gasteiger partial charge >= 0.3 is 6.09 Å². The second kappa shape index (κ2) is 9.64. The van der Waals surface area contributed by atoms with Crippen LogP contribution >= 0.6 is 11.3 Å². The number of aromatic nitrogens is 3. The molecule has 0 spiro atoms. The third-order valence-corrected chi connectivity index (χ3v) is 5.83. The first-order valence-corrected chi connectivity index (χ1v) is 11.8. The fourth-order valence-electron chi connectivity index (χ4n) is 3.62. The van der Waals surface area contributed by atoms with Crippen LogP contribution in [0.2, 0.25) is 0 Å². The van der Waals surface area contributed by atoms with Gasteiger partial charge in [-0.25, -0.2) is 9.78 Å². The van der Waals surface area contributed by atoms with Crippen LogP contribution in [0.15, 0.2) is 60.2 Å². The van der Waals surface area contributed by atoms with Gasteiger partial charge < -0.3 is 19.9 Å². The number of nitrogens with one attached hydrogen (secondary N) is 2. The van der Waals surface area contributed by atoms with Gasteiger partial charge in [0.15, 0.2) is 5.13 Å². The molecule has 0 unspecified atom stereocenters. The van der Waals surface area contributed by atoms with Gasteiger partial charge in [0, 0.05) is 42.1 Å². The monoisotopic (exact) mass is 477 g/mol. The van der Waals surface area contributed by atoms with Gasteiger partial charge in [-0.2, -0.15) is 0 Å². The number of hydrogen-bond donors (Lipinski definition) is 2. The van der Waals surface area contributed by atoms with Crippen molar-refractivity contribution in [2.24, 2.45) is 7.05 Å². The molecule has 0 aliphatic rings. The molecular formula is C25H27N5O3S. The molecular weight excluding hydrogens is 450 g/mol. The van der Waals surface area contributed by atoms with Crippen molar-refractivity contribution in [3.8, 4) is 11.4 Å². The molecule has 2 amide bonds. The Balaban J connectivity index is 1.56. The molecule has 8 nitrogen and oxygen atoms in total. The maximum absolute atomic E-state index is 13.3. The van der Waals surface area contributed by atoms with Crippen LogP contribution < -0.4 is 10.6 Å². The average molecular weight is 478 g/mol. The van der Waals surface area contributed by atoms with Crippen LogP contribution in [-0.2, 0) is 23.0 Å². The predicted octanol–water partition coefficient (Wildman–Crippen LogP) is 4.77. The van der Waals surface area contributed by atoms with Crippen molar-refractivity contribution < 1.29 is 14.3 Å². The minimum absolute atomic E-state index is 0.297. The Kier molecular flexibility index (Phi) is 6.65. The van der Waals surface area contributed by atoms with Gasteiger partial charge in [-0.15, -0.1) is 11.3 Å². The molecule has 2 N–H and O–H groups in total. The number of carbonyl (C=O) groups is 2. The molecule has 1 aromatic carbocycles. The van der Waals surface area contributed by atoms with Gasteiger partial charge in [-0.1, -0.05) is 24.3 Å². The second-order valence-electron chi connectivity index (χ2n) is 8.93. The van der Waals surface area contributed by atoms with Crippen molar-refractivity contribution in [1.82, 2.24) is 19.9 Å². The molecule has 176 valence electrons. The van der Waals surface area contributed by atoms with Crippen molar-refractivity contribution in [2.45, 2.75) is 38.8 Å². The van der Waals surface area contributed by atoms with Crippen molar-refractivity contribution in [2.75, 3.05) is 5.32 Å². The Hall–Kier alpha value is -3.72. The van der Waals surface area contributed by atoms with Crippen LogP contribution in [0.5, 0.6) is 0 Å². The lowest BCUT2D eigenvalue weighted by Gasteiger charge is -2.23. The number of thiazole rings is 1. The first-order chi connectivity index (χ1) is 16.2. The van der Waals surface area contributed by atoms with E-state index in [1.165, 1.54) is 11.3 Å². The van der Waals surface area contributed by atoms with Crippen LogP contribution in [0.3, 0.4) is 0 Å². The van der Waals surface area contributed by atoms with E-state index in [-0.39, 0.29) is 5.91 Å². The number of rotatable bonds is 6. The normalized spacial score (nSPS) is 12.4. The summed E-state index contributed by atoms with van der Waals surface area (Å²) < 4.78 is 7.41. The molecule has 0 bridgehead atoms. The zero-order chi connectivity index (χ0) is 24.3. The number of carbonyl (C=O) groups excluding carboxylic acids is 2. The Morgan fingerprint density at radius 2 is 1.88 bits per heavy atom. The average Bonchev–Trinajstić information content (AvgIpc) is 3.37. The highest BCUT2D eigenvalue weighted by atomic mass is 32.1. The number of anilines is 1. The number of fused-ring (bicyclic) bond motifs is 1. The molecule has 34 heavy (non-hydrogen) atoms. The first kappa shape index (κ1) is 23.4. The lowest BCUT2D eigenvalue weighted by atomic mass is 10.0. The summed E-state index contributed by atoms with van der Waals surface area (Å²) >= 11 is 1.30. The largest absolute Gasteiger partial charge is 0.444 e. The third-order valence-electron chi connectivity index (χ3n) is 5.07. The van der Waals surface area contributed by atoms with E-state index in [1.54, 1.807) is 27.0 Å². The van der Waals surface area contributed by atoms with Crippen LogP contribution in [0.4, 0.5) is 9.93 Å². The number of aryl methyl sites for hydroxylation is 1. The summed E-state index contributed by atoms with van der Waals surface area (Å²) in [7, 11) is 1.96. The van der Waals surface area contributed by atoms with E-state index in [2.05, 4.69) is 20.6 Å². The molecule has 3 aromatic heterocycles. The van der Waals surface area contributed by atoms with E-state index in [4.69, 9.17) is 4.74 Å². The number of amides is 2. The molecule has 0 radical (unpaired) electrons. The molecule has 0 fully saturated rings. The lowest BCUT2D eigenvalue weighted by Crippen LogP contribution is -2.47. The van der Waals surface area contributed by atoms with Crippen LogP contribution in [-0.4, -0.2) is 38.2 Å². The number of para-hydroxylation sites is 1. The minimum atomic E-state index is -0.858. The number of alkyl carbamates (subject to hydrolysis) is 1.